The molecule has 0 radical (unpaired) electrons. The van der Waals surface area contributed by atoms with Gasteiger partial charge in [0, 0.05) is 12.1 Å². The fourth-order valence-electron chi connectivity index (χ4n) is 2.92. The van der Waals surface area contributed by atoms with Crippen LogP contribution in [0.5, 0.6) is 11.5 Å². The summed E-state index contributed by atoms with van der Waals surface area (Å²) in [6, 6.07) is 7.40. The number of nitrogens with zero attached hydrogens (tertiary/aromatic N) is 2. The van der Waals surface area contributed by atoms with Crippen LogP contribution in [0.25, 0.3) is 0 Å². The van der Waals surface area contributed by atoms with E-state index in [1.165, 1.54) is 12.8 Å². The number of anilines is 1. The first-order chi connectivity index (χ1) is 11.6. The molecule has 1 aliphatic heterocycles. The van der Waals surface area contributed by atoms with Gasteiger partial charge in [-0.2, -0.15) is 5.10 Å². The SMILES string of the molecule is Cc1cnn(CC2CC2)c1NC(=O)[C@H]1Oc2ccccc2O[C@H]1C. The molecule has 6 heteroatoms. The summed E-state index contributed by atoms with van der Waals surface area (Å²) in [4.78, 5) is 12.7. The quantitative estimate of drug-likeness (QED) is 0.938. The van der Waals surface area contributed by atoms with Crippen molar-refractivity contribution >= 4 is 11.7 Å². The third-order valence-corrected chi connectivity index (χ3v) is 4.49. The van der Waals surface area contributed by atoms with Gasteiger partial charge in [0.15, 0.2) is 11.5 Å². The molecule has 0 unspecified atom stereocenters. The van der Waals surface area contributed by atoms with Gasteiger partial charge >= 0.3 is 0 Å². The highest BCUT2D eigenvalue weighted by Gasteiger charge is 2.35. The summed E-state index contributed by atoms with van der Waals surface area (Å²) in [6.45, 7) is 4.64. The summed E-state index contributed by atoms with van der Waals surface area (Å²) in [5.74, 6) is 2.49. The molecule has 1 N–H and O–H groups in total. The van der Waals surface area contributed by atoms with Crippen molar-refractivity contribution < 1.29 is 14.3 Å². The number of benzene rings is 1. The topological polar surface area (TPSA) is 65.4 Å². The molecule has 6 nitrogen and oxygen atoms in total. The van der Waals surface area contributed by atoms with Gasteiger partial charge in [-0.1, -0.05) is 12.1 Å². The Kier molecular flexibility index (Phi) is 3.67. The Balaban J connectivity index is 1.51. The summed E-state index contributed by atoms with van der Waals surface area (Å²) in [5.41, 5.74) is 0.953. The number of carbonyl (C=O) groups excluding carboxylic acids is 1. The molecule has 2 heterocycles. The van der Waals surface area contributed by atoms with Crippen molar-refractivity contribution in [3.8, 4) is 11.5 Å². The molecular formula is C18H21N3O3. The standard InChI is InChI=1S/C18H21N3O3/c1-11-9-19-21(10-13-7-8-13)17(11)20-18(22)16-12(2)23-14-5-3-4-6-15(14)24-16/h3-6,9,12-13,16H,7-8,10H2,1-2H3,(H,20,22)/t12-,16-/m0/s1. The lowest BCUT2D eigenvalue weighted by Gasteiger charge is -2.31. The maximum atomic E-state index is 12.7. The number of aromatic nitrogens is 2. The number of amides is 1. The zero-order chi connectivity index (χ0) is 16.7. The third kappa shape index (κ3) is 2.84. The van der Waals surface area contributed by atoms with Crippen LogP contribution in [0, 0.1) is 12.8 Å². The Morgan fingerprint density at radius 3 is 2.71 bits per heavy atom. The number of rotatable bonds is 4. The Labute approximate surface area is 140 Å². The highest BCUT2D eigenvalue weighted by Crippen LogP contribution is 2.34. The first kappa shape index (κ1) is 15.1. The lowest BCUT2D eigenvalue weighted by atomic mass is 10.1. The molecule has 1 saturated carbocycles. The molecule has 2 aliphatic rings. The van der Waals surface area contributed by atoms with E-state index in [0.29, 0.717) is 17.4 Å². The van der Waals surface area contributed by atoms with Crippen molar-refractivity contribution in [3.05, 3.63) is 36.0 Å². The predicted molar refractivity (Wildman–Crippen MR) is 89.3 cm³/mol. The van der Waals surface area contributed by atoms with E-state index < -0.39 is 6.10 Å². The number of hydrogen-bond acceptors (Lipinski definition) is 4. The third-order valence-electron chi connectivity index (χ3n) is 4.49. The largest absolute Gasteiger partial charge is 0.482 e. The van der Waals surface area contributed by atoms with Crippen LogP contribution >= 0.6 is 0 Å². The summed E-state index contributed by atoms with van der Waals surface area (Å²) in [7, 11) is 0. The van der Waals surface area contributed by atoms with Gasteiger partial charge < -0.3 is 14.8 Å². The number of fused-ring (bicyclic) bond motifs is 1. The van der Waals surface area contributed by atoms with Gasteiger partial charge in [0.25, 0.3) is 5.91 Å². The Morgan fingerprint density at radius 2 is 2.00 bits per heavy atom. The van der Waals surface area contributed by atoms with E-state index in [4.69, 9.17) is 9.47 Å². The molecule has 126 valence electrons. The summed E-state index contributed by atoms with van der Waals surface area (Å²) in [6.07, 6.45) is 3.21. The highest BCUT2D eigenvalue weighted by atomic mass is 16.6. The van der Waals surface area contributed by atoms with Gasteiger partial charge in [0.05, 0.1) is 6.20 Å². The molecule has 1 aromatic carbocycles. The van der Waals surface area contributed by atoms with Gasteiger partial charge in [-0.3, -0.25) is 4.79 Å². The van der Waals surface area contributed by atoms with Crippen LogP contribution in [0.4, 0.5) is 5.82 Å². The van der Waals surface area contributed by atoms with E-state index in [9.17, 15) is 4.79 Å². The Bertz CT molecular complexity index is 767. The van der Waals surface area contributed by atoms with E-state index in [1.54, 1.807) is 6.20 Å². The monoisotopic (exact) mass is 327 g/mol. The number of ether oxygens (including phenoxy) is 2. The van der Waals surface area contributed by atoms with Crippen LogP contribution in [0.3, 0.4) is 0 Å². The van der Waals surface area contributed by atoms with Gasteiger partial charge in [0.2, 0.25) is 6.10 Å². The second kappa shape index (κ2) is 5.85. The second-order valence-electron chi connectivity index (χ2n) is 6.60. The molecule has 1 aromatic heterocycles. The Morgan fingerprint density at radius 1 is 1.29 bits per heavy atom. The first-order valence-electron chi connectivity index (χ1n) is 8.37. The smallest absolute Gasteiger partial charge is 0.270 e. The predicted octanol–water partition coefficient (Wildman–Crippen LogP) is 2.77. The molecule has 1 aliphatic carbocycles. The average Bonchev–Trinajstić information content (AvgIpc) is 3.33. The van der Waals surface area contributed by atoms with E-state index >= 15 is 0 Å². The van der Waals surface area contributed by atoms with E-state index in [-0.39, 0.29) is 12.0 Å². The minimum atomic E-state index is -0.691. The zero-order valence-corrected chi connectivity index (χ0v) is 13.9. The number of carbonyl (C=O) groups is 1. The molecule has 24 heavy (non-hydrogen) atoms. The zero-order valence-electron chi connectivity index (χ0n) is 13.9. The van der Waals surface area contributed by atoms with Crippen molar-refractivity contribution in [2.45, 2.75) is 45.4 Å². The lowest BCUT2D eigenvalue weighted by Crippen LogP contribution is -2.46. The Hall–Kier alpha value is -2.50. The molecule has 0 saturated heterocycles. The fourth-order valence-corrected chi connectivity index (χ4v) is 2.92. The highest BCUT2D eigenvalue weighted by molar-refractivity contribution is 5.95. The maximum Gasteiger partial charge on any atom is 0.270 e. The van der Waals surface area contributed by atoms with Gasteiger partial charge in [-0.25, -0.2) is 4.68 Å². The number of hydrogen-bond donors (Lipinski definition) is 1. The normalized spacial score (nSPS) is 22.2. The molecule has 1 fully saturated rings. The van der Waals surface area contributed by atoms with Crippen LogP contribution in [-0.4, -0.2) is 27.9 Å². The maximum absolute atomic E-state index is 12.7. The first-order valence-corrected chi connectivity index (χ1v) is 8.37. The average molecular weight is 327 g/mol. The van der Waals surface area contributed by atoms with Crippen LogP contribution in [0.2, 0.25) is 0 Å². The van der Waals surface area contributed by atoms with Crippen LogP contribution in [0.15, 0.2) is 30.5 Å². The van der Waals surface area contributed by atoms with Crippen LogP contribution in [0.1, 0.15) is 25.3 Å². The van der Waals surface area contributed by atoms with Crippen molar-refractivity contribution in [1.29, 1.82) is 0 Å². The number of aryl methyl sites for hydroxylation is 1. The summed E-state index contributed by atoms with van der Waals surface area (Å²) >= 11 is 0. The molecule has 1 amide bonds. The minimum absolute atomic E-state index is 0.211. The minimum Gasteiger partial charge on any atom is -0.482 e. The van der Waals surface area contributed by atoms with Crippen LogP contribution < -0.4 is 14.8 Å². The van der Waals surface area contributed by atoms with Gasteiger partial charge in [-0.15, -0.1) is 0 Å². The molecule has 0 bridgehead atoms. The summed E-state index contributed by atoms with van der Waals surface area (Å²) < 4.78 is 13.6. The molecule has 2 aromatic rings. The van der Waals surface area contributed by atoms with E-state index in [0.717, 1.165) is 17.9 Å². The van der Waals surface area contributed by atoms with E-state index in [1.807, 2.05) is 42.8 Å². The molecule has 2 atom stereocenters. The van der Waals surface area contributed by atoms with Crippen molar-refractivity contribution in [2.75, 3.05) is 5.32 Å². The lowest BCUT2D eigenvalue weighted by molar-refractivity contribution is -0.128. The van der Waals surface area contributed by atoms with Crippen molar-refractivity contribution in [1.82, 2.24) is 9.78 Å². The second-order valence-corrected chi connectivity index (χ2v) is 6.60. The van der Waals surface area contributed by atoms with Gasteiger partial charge in [-0.05, 0) is 44.7 Å². The van der Waals surface area contributed by atoms with Crippen LogP contribution in [-0.2, 0) is 11.3 Å². The van der Waals surface area contributed by atoms with Crippen molar-refractivity contribution in [2.24, 2.45) is 5.92 Å². The van der Waals surface area contributed by atoms with E-state index in [2.05, 4.69) is 10.4 Å². The number of para-hydroxylation sites is 2. The molecule has 0 spiro atoms. The molecular weight excluding hydrogens is 306 g/mol. The number of nitrogens with one attached hydrogen (secondary N) is 1. The molecule has 4 rings (SSSR count). The van der Waals surface area contributed by atoms with Gasteiger partial charge in [0.1, 0.15) is 11.9 Å². The summed E-state index contributed by atoms with van der Waals surface area (Å²) in [5, 5.41) is 7.36. The van der Waals surface area contributed by atoms with Crippen molar-refractivity contribution in [3.63, 3.8) is 0 Å². The fraction of sp³-hybridized carbons (Fsp3) is 0.444.